The zero-order chi connectivity index (χ0) is 14.5. The molecule has 2 rings (SSSR count). The summed E-state index contributed by atoms with van der Waals surface area (Å²) < 4.78 is 0. The van der Waals surface area contributed by atoms with Crippen molar-refractivity contribution in [3.63, 3.8) is 0 Å². The Balaban J connectivity index is 2.05. The van der Waals surface area contributed by atoms with Crippen LogP contribution in [0, 0.1) is 0 Å². The Labute approximate surface area is 124 Å². The van der Waals surface area contributed by atoms with Crippen LogP contribution in [0.1, 0.15) is 42.2 Å². The molecule has 2 atom stereocenters. The Morgan fingerprint density at radius 2 is 2.30 bits per heavy atom. The van der Waals surface area contributed by atoms with E-state index in [0.29, 0.717) is 16.6 Å². The third kappa shape index (κ3) is 3.64. The molecule has 4 N–H and O–H groups in total. The molecule has 1 aliphatic carbocycles. The van der Waals surface area contributed by atoms with E-state index in [-0.39, 0.29) is 11.9 Å². The fourth-order valence-corrected chi connectivity index (χ4v) is 3.32. The Bertz CT molecular complexity index is 458. The number of anilines is 1. The number of carbonyl (C=O) groups is 1. The zero-order valence-corrected chi connectivity index (χ0v) is 12.8. The molecule has 1 aliphatic rings. The molecule has 6 heteroatoms. The molecule has 0 saturated heterocycles. The highest BCUT2D eigenvalue weighted by atomic mass is 32.2. The van der Waals surface area contributed by atoms with Crippen molar-refractivity contribution in [2.75, 3.05) is 11.7 Å². The SMILES string of the molecule is CCc1cc(C(=O)NC2CCC(SC)C2)cc(NN)n1. The van der Waals surface area contributed by atoms with Crippen molar-refractivity contribution in [1.82, 2.24) is 10.3 Å². The van der Waals surface area contributed by atoms with Crippen molar-refractivity contribution in [2.45, 2.75) is 43.9 Å². The van der Waals surface area contributed by atoms with Crippen molar-refractivity contribution >= 4 is 23.5 Å². The van der Waals surface area contributed by atoms with Gasteiger partial charge in [0.05, 0.1) is 0 Å². The molecule has 0 aliphatic heterocycles. The molecule has 0 aromatic carbocycles. The fraction of sp³-hybridized carbons (Fsp3) is 0.571. The normalized spacial score (nSPS) is 21.8. The lowest BCUT2D eigenvalue weighted by Gasteiger charge is -2.14. The van der Waals surface area contributed by atoms with Crippen LogP contribution in [-0.4, -0.2) is 28.4 Å². The molecule has 20 heavy (non-hydrogen) atoms. The summed E-state index contributed by atoms with van der Waals surface area (Å²) in [5.74, 6) is 5.89. The smallest absolute Gasteiger partial charge is 0.251 e. The van der Waals surface area contributed by atoms with Gasteiger partial charge in [0.15, 0.2) is 0 Å². The molecule has 0 bridgehead atoms. The van der Waals surface area contributed by atoms with Crippen LogP contribution in [0.3, 0.4) is 0 Å². The number of hydrogen-bond donors (Lipinski definition) is 3. The highest BCUT2D eigenvalue weighted by Crippen LogP contribution is 2.28. The van der Waals surface area contributed by atoms with Gasteiger partial charge in [-0.2, -0.15) is 11.8 Å². The number of aromatic nitrogens is 1. The van der Waals surface area contributed by atoms with Crippen LogP contribution in [-0.2, 0) is 6.42 Å². The summed E-state index contributed by atoms with van der Waals surface area (Å²) in [5.41, 5.74) is 4.00. The molecule has 5 nitrogen and oxygen atoms in total. The number of nitrogens with zero attached hydrogens (tertiary/aromatic N) is 1. The predicted octanol–water partition coefficient (Wildman–Crippen LogP) is 1.94. The first-order valence-electron chi connectivity index (χ1n) is 6.97. The molecule has 0 radical (unpaired) electrons. The number of thioether (sulfide) groups is 1. The first kappa shape index (κ1) is 15.1. The minimum absolute atomic E-state index is 0.0367. The summed E-state index contributed by atoms with van der Waals surface area (Å²) in [6, 6.07) is 3.81. The lowest BCUT2D eigenvalue weighted by atomic mass is 10.1. The summed E-state index contributed by atoms with van der Waals surface area (Å²) in [5, 5.41) is 3.78. The molecule has 1 aromatic heterocycles. The van der Waals surface area contributed by atoms with Crippen molar-refractivity contribution in [3.8, 4) is 0 Å². The van der Waals surface area contributed by atoms with Gasteiger partial charge in [0, 0.05) is 22.5 Å². The number of hydrazine groups is 1. The summed E-state index contributed by atoms with van der Waals surface area (Å²) in [6.45, 7) is 2.00. The van der Waals surface area contributed by atoms with Gasteiger partial charge in [-0.25, -0.2) is 10.8 Å². The number of nitrogens with two attached hydrogens (primary N) is 1. The molecule has 1 amide bonds. The van der Waals surface area contributed by atoms with E-state index in [0.717, 1.165) is 25.0 Å². The van der Waals surface area contributed by atoms with Crippen LogP contribution >= 0.6 is 11.8 Å². The molecular formula is C14H22N4OS. The number of hydrogen-bond acceptors (Lipinski definition) is 5. The molecule has 1 heterocycles. The van der Waals surface area contributed by atoms with Gasteiger partial charge < -0.3 is 10.7 Å². The van der Waals surface area contributed by atoms with E-state index in [9.17, 15) is 4.79 Å². The summed E-state index contributed by atoms with van der Waals surface area (Å²) in [4.78, 5) is 16.6. The Morgan fingerprint density at radius 1 is 1.50 bits per heavy atom. The quantitative estimate of drug-likeness (QED) is 0.571. The van der Waals surface area contributed by atoms with Crippen molar-refractivity contribution < 1.29 is 4.79 Å². The second kappa shape index (κ2) is 6.95. The first-order chi connectivity index (χ1) is 9.66. The number of pyridine rings is 1. The fourth-order valence-electron chi connectivity index (χ4n) is 2.53. The lowest BCUT2D eigenvalue weighted by Crippen LogP contribution is -2.33. The maximum atomic E-state index is 12.3. The van der Waals surface area contributed by atoms with Crippen molar-refractivity contribution in [3.05, 3.63) is 23.4 Å². The number of carbonyl (C=O) groups excluding carboxylic acids is 1. The number of amides is 1. The van der Waals surface area contributed by atoms with Crippen LogP contribution in [0.25, 0.3) is 0 Å². The van der Waals surface area contributed by atoms with Crippen LogP contribution < -0.4 is 16.6 Å². The van der Waals surface area contributed by atoms with E-state index in [1.807, 2.05) is 24.8 Å². The van der Waals surface area contributed by atoms with Gasteiger partial charge >= 0.3 is 0 Å². The van der Waals surface area contributed by atoms with Gasteiger partial charge in [-0.05, 0) is 44.1 Å². The highest BCUT2D eigenvalue weighted by Gasteiger charge is 2.25. The average molecular weight is 294 g/mol. The van der Waals surface area contributed by atoms with Gasteiger partial charge in [-0.15, -0.1) is 0 Å². The Hall–Kier alpha value is -1.27. The molecular weight excluding hydrogens is 272 g/mol. The summed E-state index contributed by atoms with van der Waals surface area (Å²) in [7, 11) is 0. The minimum Gasteiger partial charge on any atom is -0.349 e. The number of aryl methyl sites for hydroxylation is 1. The molecule has 1 aromatic rings. The lowest BCUT2D eigenvalue weighted by molar-refractivity contribution is 0.0938. The predicted molar refractivity (Wildman–Crippen MR) is 83.8 cm³/mol. The van der Waals surface area contributed by atoms with E-state index in [2.05, 4.69) is 22.0 Å². The third-order valence-corrected chi connectivity index (χ3v) is 4.80. The maximum Gasteiger partial charge on any atom is 0.251 e. The van der Waals surface area contributed by atoms with Gasteiger partial charge in [0.25, 0.3) is 5.91 Å². The van der Waals surface area contributed by atoms with E-state index in [1.165, 1.54) is 6.42 Å². The Morgan fingerprint density at radius 3 is 2.90 bits per heavy atom. The molecule has 2 unspecified atom stereocenters. The van der Waals surface area contributed by atoms with E-state index < -0.39 is 0 Å². The van der Waals surface area contributed by atoms with Crippen LogP contribution in [0.2, 0.25) is 0 Å². The second-order valence-electron chi connectivity index (χ2n) is 5.07. The minimum atomic E-state index is -0.0367. The topological polar surface area (TPSA) is 80.0 Å². The van der Waals surface area contributed by atoms with Crippen LogP contribution in [0.4, 0.5) is 5.82 Å². The first-order valence-corrected chi connectivity index (χ1v) is 8.26. The standard InChI is InChI=1S/C14H22N4OS/c1-3-10-6-9(7-13(16-10)18-15)14(19)17-11-4-5-12(8-11)20-2/h6-7,11-12H,3-5,8,15H2,1-2H3,(H,16,18)(H,17,19). The van der Waals surface area contributed by atoms with Crippen LogP contribution in [0.15, 0.2) is 12.1 Å². The molecule has 110 valence electrons. The molecule has 0 spiro atoms. The van der Waals surface area contributed by atoms with Crippen molar-refractivity contribution in [1.29, 1.82) is 0 Å². The number of nitrogen functional groups attached to an aromatic ring is 1. The number of nitrogens with one attached hydrogen (secondary N) is 2. The largest absolute Gasteiger partial charge is 0.349 e. The zero-order valence-electron chi connectivity index (χ0n) is 12.0. The molecule has 1 fully saturated rings. The third-order valence-electron chi connectivity index (χ3n) is 3.70. The highest BCUT2D eigenvalue weighted by molar-refractivity contribution is 7.99. The van der Waals surface area contributed by atoms with E-state index in [4.69, 9.17) is 5.84 Å². The average Bonchev–Trinajstić information content (AvgIpc) is 2.94. The molecule has 1 saturated carbocycles. The summed E-state index contributed by atoms with van der Waals surface area (Å²) in [6.07, 6.45) is 6.20. The number of rotatable bonds is 5. The van der Waals surface area contributed by atoms with E-state index >= 15 is 0 Å². The van der Waals surface area contributed by atoms with Gasteiger partial charge in [-0.1, -0.05) is 6.92 Å². The van der Waals surface area contributed by atoms with Crippen molar-refractivity contribution in [2.24, 2.45) is 5.84 Å². The van der Waals surface area contributed by atoms with Gasteiger partial charge in [-0.3, -0.25) is 4.79 Å². The second-order valence-corrected chi connectivity index (χ2v) is 6.21. The van der Waals surface area contributed by atoms with Crippen LogP contribution in [0.5, 0.6) is 0 Å². The van der Waals surface area contributed by atoms with E-state index in [1.54, 1.807) is 6.07 Å². The van der Waals surface area contributed by atoms with Gasteiger partial charge in [0.2, 0.25) is 0 Å². The Kier molecular flexibility index (Phi) is 5.25. The summed E-state index contributed by atoms with van der Waals surface area (Å²) >= 11 is 1.88. The maximum absolute atomic E-state index is 12.3. The monoisotopic (exact) mass is 294 g/mol. The van der Waals surface area contributed by atoms with Gasteiger partial charge in [0.1, 0.15) is 5.82 Å².